The molecule has 7 rings (SSSR count). The minimum absolute atomic E-state index is 0.00512. The summed E-state index contributed by atoms with van der Waals surface area (Å²) in [6.45, 7) is 22.5. The molecule has 4 aromatic carbocycles. The fraction of sp³-hybridized carbons (Fsp3) is 0.480. The van der Waals surface area contributed by atoms with Crippen LogP contribution in [0.5, 0.6) is 11.5 Å². The molecular weight excluding hydrogens is 717 g/mol. The SMILES string of the molecule is CC(C)(C)c1cc(C=N[C@@H]2CCCC[C@H]2N=Cc2cc(C(C)(C)C)cc(CN3CCN(c4ccccc4)CC3)c2O)c(O)c(CN2CCN(c3ccccc3)CC2)c1. The predicted molar refractivity (Wildman–Crippen MR) is 243 cm³/mol. The fourth-order valence-electron chi connectivity index (χ4n) is 8.62. The number of aliphatic imine (C=N–C) groups is 2. The van der Waals surface area contributed by atoms with Crippen molar-refractivity contribution in [3.05, 3.63) is 118 Å². The Kier molecular flexibility index (Phi) is 12.9. The monoisotopic (exact) mass is 783 g/mol. The molecule has 0 radical (unpaired) electrons. The summed E-state index contributed by atoms with van der Waals surface area (Å²) in [6.07, 6.45) is 7.93. The first kappa shape index (κ1) is 41.5. The molecule has 0 aromatic heterocycles. The van der Waals surface area contributed by atoms with Gasteiger partial charge < -0.3 is 20.0 Å². The molecule has 2 atom stereocenters. The number of benzene rings is 4. The minimum Gasteiger partial charge on any atom is -0.507 e. The molecule has 0 bridgehead atoms. The van der Waals surface area contributed by atoms with Crippen molar-refractivity contribution >= 4 is 23.8 Å². The average molecular weight is 783 g/mol. The van der Waals surface area contributed by atoms with Gasteiger partial charge in [-0.3, -0.25) is 19.8 Å². The van der Waals surface area contributed by atoms with Crippen LogP contribution in [0.2, 0.25) is 0 Å². The van der Waals surface area contributed by atoms with Gasteiger partial charge in [0.05, 0.1) is 12.1 Å². The minimum atomic E-state index is -0.0757. The summed E-state index contributed by atoms with van der Waals surface area (Å²) in [7, 11) is 0. The molecule has 2 heterocycles. The second-order valence-corrected chi connectivity index (χ2v) is 18.8. The first-order chi connectivity index (χ1) is 27.8. The van der Waals surface area contributed by atoms with Crippen molar-refractivity contribution in [2.24, 2.45) is 9.98 Å². The summed E-state index contributed by atoms with van der Waals surface area (Å²) in [5.74, 6) is 0.659. The summed E-state index contributed by atoms with van der Waals surface area (Å²) < 4.78 is 0. The van der Waals surface area contributed by atoms with Gasteiger partial charge in [-0.1, -0.05) is 103 Å². The van der Waals surface area contributed by atoms with Crippen molar-refractivity contribution in [2.75, 3.05) is 62.2 Å². The Morgan fingerprint density at radius 3 is 1.24 bits per heavy atom. The van der Waals surface area contributed by atoms with E-state index in [0.717, 1.165) is 100 Å². The van der Waals surface area contributed by atoms with Gasteiger partial charge in [-0.05, 0) is 71.2 Å². The van der Waals surface area contributed by atoms with Crippen LogP contribution in [0.4, 0.5) is 11.4 Å². The first-order valence-electron chi connectivity index (χ1n) is 21.7. The molecule has 58 heavy (non-hydrogen) atoms. The molecule has 2 N–H and O–H groups in total. The van der Waals surface area contributed by atoms with Crippen LogP contribution < -0.4 is 9.80 Å². The van der Waals surface area contributed by atoms with Gasteiger partial charge in [-0.2, -0.15) is 0 Å². The third-order valence-corrected chi connectivity index (χ3v) is 12.4. The Morgan fingerprint density at radius 2 is 0.897 bits per heavy atom. The fourth-order valence-corrected chi connectivity index (χ4v) is 8.62. The smallest absolute Gasteiger partial charge is 0.128 e. The molecule has 0 amide bonds. The summed E-state index contributed by atoms with van der Waals surface area (Å²) >= 11 is 0. The summed E-state index contributed by atoms with van der Waals surface area (Å²) in [5, 5.41) is 23.5. The zero-order valence-corrected chi connectivity index (χ0v) is 35.9. The van der Waals surface area contributed by atoms with E-state index in [1.165, 1.54) is 22.5 Å². The van der Waals surface area contributed by atoms with Crippen LogP contribution in [0.3, 0.4) is 0 Å². The maximum atomic E-state index is 11.7. The summed E-state index contributed by atoms with van der Waals surface area (Å²) in [6, 6.07) is 29.9. The highest BCUT2D eigenvalue weighted by molar-refractivity contribution is 5.86. The Hall–Kier alpha value is -4.66. The molecule has 2 aliphatic heterocycles. The van der Waals surface area contributed by atoms with E-state index in [2.05, 4.69) is 146 Å². The van der Waals surface area contributed by atoms with E-state index in [-0.39, 0.29) is 22.9 Å². The molecule has 8 heteroatoms. The van der Waals surface area contributed by atoms with Gasteiger partial charge in [0.1, 0.15) is 11.5 Å². The molecule has 3 fully saturated rings. The van der Waals surface area contributed by atoms with Gasteiger partial charge in [0.25, 0.3) is 0 Å². The van der Waals surface area contributed by atoms with Gasteiger partial charge in [-0.25, -0.2) is 0 Å². The Morgan fingerprint density at radius 1 is 0.534 bits per heavy atom. The molecule has 1 aliphatic carbocycles. The van der Waals surface area contributed by atoms with Crippen molar-refractivity contribution in [3.8, 4) is 11.5 Å². The first-order valence-corrected chi connectivity index (χ1v) is 21.7. The summed E-state index contributed by atoms with van der Waals surface area (Å²) in [4.78, 5) is 20.1. The number of hydrogen-bond donors (Lipinski definition) is 2. The van der Waals surface area contributed by atoms with Crippen molar-refractivity contribution in [1.82, 2.24) is 9.80 Å². The molecule has 4 aromatic rings. The number of hydrogen-bond acceptors (Lipinski definition) is 8. The van der Waals surface area contributed by atoms with Crippen LogP contribution in [0.15, 0.2) is 94.9 Å². The molecule has 0 spiro atoms. The zero-order valence-electron chi connectivity index (χ0n) is 35.9. The second kappa shape index (κ2) is 18.1. The van der Waals surface area contributed by atoms with Gasteiger partial charge in [0.2, 0.25) is 0 Å². The Bertz CT molecular complexity index is 1870. The van der Waals surface area contributed by atoms with Crippen molar-refractivity contribution < 1.29 is 10.2 Å². The van der Waals surface area contributed by atoms with Crippen LogP contribution in [-0.2, 0) is 23.9 Å². The third kappa shape index (κ3) is 10.3. The number of aromatic hydroxyl groups is 2. The molecule has 1 saturated carbocycles. The lowest BCUT2D eigenvalue weighted by atomic mass is 9.84. The number of rotatable bonds is 10. The lowest BCUT2D eigenvalue weighted by Crippen LogP contribution is -2.46. The molecule has 0 unspecified atom stereocenters. The topological polar surface area (TPSA) is 78.1 Å². The number of nitrogens with zero attached hydrogens (tertiary/aromatic N) is 6. The Balaban J connectivity index is 1.07. The lowest BCUT2D eigenvalue weighted by molar-refractivity contribution is 0.246. The predicted octanol–water partition coefficient (Wildman–Crippen LogP) is 9.19. The maximum absolute atomic E-state index is 11.7. The third-order valence-electron chi connectivity index (χ3n) is 12.4. The number of phenols is 2. The van der Waals surface area contributed by atoms with Crippen LogP contribution in [0.1, 0.15) is 101 Å². The lowest BCUT2D eigenvalue weighted by Gasteiger charge is -2.36. The van der Waals surface area contributed by atoms with Gasteiger partial charge in [0, 0.05) is 112 Å². The largest absolute Gasteiger partial charge is 0.507 e. The van der Waals surface area contributed by atoms with Gasteiger partial charge in [0.15, 0.2) is 0 Å². The molecule has 8 nitrogen and oxygen atoms in total. The van der Waals surface area contributed by atoms with E-state index in [4.69, 9.17) is 9.98 Å². The van der Waals surface area contributed by atoms with Crippen LogP contribution in [0, 0.1) is 0 Å². The van der Waals surface area contributed by atoms with Gasteiger partial charge >= 0.3 is 0 Å². The van der Waals surface area contributed by atoms with Crippen LogP contribution >= 0.6 is 0 Å². The van der Waals surface area contributed by atoms with E-state index in [1.54, 1.807) is 0 Å². The highest BCUT2D eigenvalue weighted by Gasteiger charge is 2.27. The molecular formula is C50H66N6O2. The maximum Gasteiger partial charge on any atom is 0.128 e. The van der Waals surface area contributed by atoms with E-state index < -0.39 is 0 Å². The standard InChI is InChI=1S/C50H66N6O2/c1-49(2,3)41-29-37(47(57)39(31-41)35-53-21-25-55(26-22-53)43-15-9-7-10-16-43)33-51-45-19-13-14-20-46(45)52-34-38-30-42(50(4,5)6)32-40(48(38)58)36-54-23-27-56(28-24-54)44-17-11-8-12-18-44/h7-12,15-18,29-34,45-46,57-58H,13-14,19-28,35-36H2,1-6H3/t45-,46-/m1/s1. The molecule has 3 aliphatic rings. The van der Waals surface area contributed by atoms with E-state index in [1.807, 2.05) is 12.4 Å². The normalized spacial score (nSPS) is 20.4. The van der Waals surface area contributed by atoms with Gasteiger partial charge in [-0.15, -0.1) is 0 Å². The van der Waals surface area contributed by atoms with E-state index >= 15 is 0 Å². The highest BCUT2D eigenvalue weighted by Crippen LogP contribution is 2.34. The van der Waals surface area contributed by atoms with Crippen molar-refractivity contribution in [3.63, 3.8) is 0 Å². The second-order valence-electron chi connectivity index (χ2n) is 18.8. The summed E-state index contributed by atoms with van der Waals surface area (Å²) in [5.41, 5.74) is 8.28. The number of phenolic OH excluding ortho intramolecular Hbond substituents is 2. The average Bonchev–Trinajstić information content (AvgIpc) is 3.22. The quantitative estimate of drug-likeness (QED) is 0.156. The van der Waals surface area contributed by atoms with E-state index in [9.17, 15) is 10.2 Å². The van der Waals surface area contributed by atoms with Crippen molar-refractivity contribution in [1.29, 1.82) is 0 Å². The van der Waals surface area contributed by atoms with Crippen LogP contribution in [-0.4, -0.2) is 96.9 Å². The number of anilines is 2. The number of piperazine rings is 2. The zero-order chi connectivity index (χ0) is 40.9. The molecule has 2 saturated heterocycles. The van der Waals surface area contributed by atoms with Crippen molar-refractivity contribution in [2.45, 2.75) is 103 Å². The van der Waals surface area contributed by atoms with E-state index in [0.29, 0.717) is 24.6 Å². The molecule has 308 valence electrons. The van der Waals surface area contributed by atoms with Crippen LogP contribution in [0.25, 0.3) is 0 Å². The number of para-hydroxylation sites is 2. The Labute approximate surface area is 347 Å². The highest BCUT2D eigenvalue weighted by atomic mass is 16.3.